The fourth-order valence-corrected chi connectivity index (χ4v) is 2.24. The molecule has 24 heavy (non-hydrogen) atoms. The predicted molar refractivity (Wildman–Crippen MR) is 101 cm³/mol. The van der Waals surface area contributed by atoms with Gasteiger partial charge in [0.2, 0.25) is 0 Å². The van der Waals surface area contributed by atoms with Crippen LogP contribution in [-0.4, -0.2) is 17.6 Å². The van der Waals surface area contributed by atoms with Crippen molar-refractivity contribution >= 4 is 63.7 Å². The summed E-state index contributed by atoms with van der Waals surface area (Å²) in [5.41, 5.74) is 5.68. The highest BCUT2D eigenvalue weighted by Gasteiger charge is 2.08. The molecule has 0 bridgehead atoms. The Morgan fingerprint density at radius 1 is 1.04 bits per heavy atom. The standard InChI is InChI=1S/C15H12Cl3N3O2S/c16-9-4-6-10(7-5-9)19-15(24)21-20-13(22)8-23-12-3-1-2-11(17)14(12)18/h1-7H,8H2,(H,20,22)(H2,19,21,24). The number of halogens is 3. The second kappa shape index (κ2) is 8.94. The minimum atomic E-state index is -0.439. The van der Waals surface area contributed by atoms with Crippen LogP contribution in [0, 0.1) is 0 Å². The molecule has 0 aliphatic carbocycles. The molecule has 0 heterocycles. The average molecular weight is 405 g/mol. The molecule has 2 aromatic carbocycles. The van der Waals surface area contributed by atoms with E-state index >= 15 is 0 Å². The van der Waals surface area contributed by atoms with Gasteiger partial charge in [-0.2, -0.15) is 0 Å². The average Bonchev–Trinajstić information content (AvgIpc) is 2.56. The first kappa shape index (κ1) is 18.6. The summed E-state index contributed by atoms with van der Waals surface area (Å²) < 4.78 is 5.30. The number of hydrogen-bond acceptors (Lipinski definition) is 3. The highest BCUT2D eigenvalue weighted by molar-refractivity contribution is 7.80. The quantitative estimate of drug-likeness (QED) is 0.530. The Kier molecular flexibility index (Phi) is 6.93. The molecule has 0 spiro atoms. The van der Waals surface area contributed by atoms with E-state index in [1.54, 1.807) is 42.5 Å². The van der Waals surface area contributed by atoms with Gasteiger partial charge in [-0.1, -0.05) is 40.9 Å². The predicted octanol–water partition coefficient (Wildman–Crippen LogP) is 4.04. The Labute approximate surface area is 159 Å². The molecule has 0 saturated heterocycles. The highest BCUT2D eigenvalue weighted by Crippen LogP contribution is 2.31. The summed E-state index contributed by atoms with van der Waals surface area (Å²) in [5.74, 6) is -0.118. The molecule has 0 radical (unpaired) electrons. The lowest BCUT2D eigenvalue weighted by Gasteiger charge is -2.12. The van der Waals surface area contributed by atoms with Crippen LogP contribution in [0.15, 0.2) is 42.5 Å². The van der Waals surface area contributed by atoms with E-state index in [9.17, 15) is 4.79 Å². The molecule has 0 fully saturated rings. The van der Waals surface area contributed by atoms with E-state index in [-0.39, 0.29) is 16.7 Å². The molecule has 0 aromatic heterocycles. The maximum Gasteiger partial charge on any atom is 0.276 e. The van der Waals surface area contributed by atoms with E-state index < -0.39 is 5.91 Å². The molecule has 2 aromatic rings. The Bertz CT molecular complexity index is 741. The third kappa shape index (κ3) is 5.72. The normalized spacial score (nSPS) is 9.96. The van der Waals surface area contributed by atoms with E-state index in [4.69, 9.17) is 51.8 Å². The van der Waals surface area contributed by atoms with Gasteiger partial charge >= 0.3 is 0 Å². The van der Waals surface area contributed by atoms with Crippen molar-refractivity contribution in [2.45, 2.75) is 0 Å². The Hall–Kier alpha value is -1.73. The number of hydrazine groups is 1. The lowest BCUT2D eigenvalue weighted by atomic mass is 10.3. The summed E-state index contributed by atoms with van der Waals surface area (Å²) in [5, 5.41) is 4.31. The number of rotatable bonds is 4. The van der Waals surface area contributed by atoms with Gasteiger partial charge in [-0.25, -0.2) is 0 Å². The first-order valence-corrected chi connectivity index (χ1v) is 8.18. The number of carbonyl (C=O) groups is 1. The second-order valence-electron chi connectivity index (χ2n) is 4.47. The van der Waals surface area contributed by atoms with Crippen molar-refractivity contribution < 1.29 is 9.53 Å². The monoisotopic (exact) mass is 403 g/mol. The van der Waals surface area contributed by atoms with Gasteiger partial charge in [0, 0.05) is 10.7 Å². The largest absolute Gasteiger partial charge is 0.482 e. The molecule has 0 unspecified atom stereocenters. The molecule has 0 aliphatic rings. The zero-order valence-electron chi connectivity index (χ0n) is 12.1. The molecule has 2 rings (SSSR count). The molecule has 0 aliphatic heterocycles. The van der Waals surface area contributed by atoms with Gasteiger partial charge in [-0.15, -0.1) is 0 Å². The van der Waals surface area contributed by atoms with Crippen molar-refractivity contribution in [1.82, 2.24) is 10.9 Å². The summed E-state index contributed by atoms with van der Waals surface area (Å²) in [6.45, 7) is -0.253. The van der Waals surface area contributed by atoms with Crippen LogP contribution in [0.1, 0.15) is 0 Å². The third-order valence-corrected chi connectivity index (χ3v) is 3.95. The second-order valence-corrected chi connectivity index (χ2v) is 6.10. The summed E-state index contributed by atoms with van der Waals surface area (Å²) in [7, 11) is 0. The molecule has 5 nitrogen and oxygen atoms in total. The summed E-state index contributed by atoms with van der Waals surface area (Å²) >= 11 is 22.7. The number of ether oxygens (including phenoxy) is 1. The smallest absolute Gasteiger partial charge is 0.276 e. The Morgan fingerprint density at radius 2 is 1.75 bits per heavy atom. The van der Waals surface area contributed by atoms with Gasteiger partial charge in [-0.3, -0.25) is 15.6 Å². The van der Waals surface area contributed by atoms with Gasteiger partial charge < -0.3 is 10.1 Å². The number of amides is 1. The minimum Gasteiger partial charge on any atom is -0.482 e. The maximum atomic E-state index is 11.7. The van der Waals surface area contributed by atoms with Gasteiger partial charge in [0.1, 0.15) is 10.8 Å². The molecule has 126 valence electrons. The first-order chi connectivity index (χ1) is 11.5. The fraction of sp³-hybridized carbons (Fsp3) is 0.0667. The zero-order valence-corrected chi connectivity index (χ0v) is 15.2. The van der Waals surface area contributed by atoms with Crippen molar-refractivity contribution in [3.63, 3.8) is 0 Å². The van der Waals surface area contributed by atoms with Gasteiger partial charge in [-0.05, 0) is 48.6 Å². The molecule has 0 saturated carbocycles. The number of thiocarbonyl (C=S) groups is 1. The van der Waals surface area contributed by atoms with Crippen LogP contribution >= 0.6 is 47.0 Å². The number of carbonyl (C=O) groups excluding carboxylic acids is 1. The van der Waals surface area contributed by atoms with E-state index in [1.165, 1.54) is 0 Å². The summed E-state index contributed by atoms with van der Waals surface area (Å²) in [4.78, 5) is 11.7. The number of anilines is 1. The van der Waals surface area contributed by atoms with Crippen LogP contribution in [0.5, 0.6) is 5.75 Å². The SMILES string of the molecule is O=C(COc1cccc(Cl)c1Cl)NNC(=S)Nc1ccc(Cl)cc1. The molecule has 1 amide bonds. The summed E-state index contributed by atoms with van der Waals surface area (Å²) in [6.07, 6.45) is 0. The number of nitrogens with one attached hydrogen (secondary N) is 3. The van der Waals surface area contributed by atoms with E-state index in [1.807, 2.05) is 0 Å². The highest BCUT2D eigenvalue weighted by atomic mass is 35.5. The Balaban J connectivity index is 1.75. The third-order valence-electron chi connectivity index (χ3n) is 2.69. The van der Waals surface area contributed by atoms with Crippen LogP contribution in [-0.2, 0) is 4.79 Å². The van der Waals surface area contributed by atoms with E-state index in [2.05, 4.69) is 16.2 Å². The minimum absolute atomic E-state index is 0.214. The Morgan fingerprint density at radius 3 is 2.46 bits per heavy atom. The molecular weight excluding hydrogens is 393 g/mol. The number of hydrogen-bond donors (Lipinski definition) is 3. The van der Waals surface area contributed by atoms with Crippen LogP contribution in [0.4, 0.5) is 5.69 Å². The molecule has 0 atom stereocenters. The molecular formula is C15H12Cl3N3O2S. The van der Waals surface area contributed by atoms with Crippen molar-refractivity contribution in [1.29, 1.82) is 0 Å². The lowest BCUT2D eigenvalue weighted by molar-refractivity contribution is -0.123. The molecule has 3 N–H and O–H groups in total. The number of benzene rings is 2. The summed E-state index contributed by atoms with van der Waals surface area (Å²) in [6, 6.07) is 11.8. The fourth-order valence-electron chi connectivity index (χ4n) is 1.60. The van der Waals surface area contributed by atoms with Crippen LogP contribution < -0.4 is 20.9 Å². The topological polar surface area (TPSA) is 62.4 Å². The van der Waals surface area contributed by atoms with Gasteiger partial charge in [0.25, 0.3) is 5.91 Å². The van der Waals surface area contributed by atoms with Crippen molar-refractivity contribution in [3.8, 4) is 5.75 Å². The van der Waals surface area contributed by atoms with Gasteiger partial charge in [0.05, 0.1) is 5.02 Å². The van der Waals surface area contributed by atoms with Gasteiger partial charge in [0.15, 0.2) is 11.7 Å². The van der Waals surface area contributed by atoms with E-state index in [0.717, 1.165) is 5.69 Å². The molecule has 9 heteroatoms. The van der Waals surface area contributed by atoms with Crippen molar-refractivity contribution in [2.75, 3.05) is 11.9 Å². The van der Waals surface area contributed by atoms with Crippen LogP contribution in [0.2, 0.25) is 15.1 Å². The van der Waals surface area contributed by atoms with Crippen molar-refractivity contribution in [2.24, 2.45) is 0 Å². The maximum absolute atomic E-state index is 11.7. The van der Waals surface area contributed by atoms with Crippen molar-refractivity contribution in [3.05, 3.63) is 57.5 Å². The zero-order chi connectivity index (χ0) is 17.5. The first-order valence-electron chi connectivity index (χ1n) is 6.64. The van der Waals surface area contributed by atoms with Crippen LogP contribution in [0.3, 0.4) is 0 Å². The van der Waals surface area contributed by atoms with Crippen LogP contribution in [0.25, 0.3) is 0 Å². The van der Waals surface area contributed by atoms with E-state index in [0.29, 0.717) is 15.8 Å². The lowest BCUT2D eigenvalue weighted by Crippen LogP contribution is -2.45.